The zero-order valence-electron chi connectivity index (χ0n) is 10.8. The van der Waals surface area contributed by atoms with Crippen LogP contribution < -0.4 is 5.73 Å². The molecule has 0 spiro atoms. The van der Waals surface area contributed by atoms with Crippen molar-refractivity contribution >= 4 is 17.0 Å². The number of aromatic nitrogens is 2. The minimum Gasteiger partial charge on any atom is -0.369 e. The molecule has 0 aliphatic heterocycles. The normalized spacial score (nSPS) is 11.1. The highest BCUT2D eigenvalue weighted by molar-refractivity contribution is 5.81. The van der Waals surface area contributed by atoms with Gasteiger partial charge in [0.25, 0.3) is 0 Å². The van der Waals surface area contributed by atoms with Gasteiger partial charge >= 0.3 is 0 Å². The molecule has 0 fully saturated rings. The number of halogens is 1. The summed E-state index contributed by atoms with van der Waals surface area (Å²) in [5.41, 5.74) is 10.6. The molecule has 0 atom stereocenters. The molecule has 0 amide bonds. The monoisotopic (exact) mass is 255 g/mol. The Morgan fingerprint density at radius 1 is 1.05 bits per heavy atom. The summed E-state index contributed by atoms with van der Waals surface area (Å²) in [4.78, 5) is 4.21. The number of anilines is 1. The Morgan fingerprint density at radius 2 is 1.74 bits per heavy atom. The number of rotatable bonds is 1. The van der Waals surface area contributed by atoms with Crippen molar-refractivity contribution in [1.29, 1.82) is 0 Å². The second-order valence-corrected chi connectivity index (χ2v) is 4.78. The molecule has 1 aromatic heterocycles. The maximum Gasteiger partial charge on any atom is 0.205 e. The molecule has 0 saturated carbocycles. The molecule has 0 aliphatic rings. The van der Waals surface area contributed by atoms with Crippen LogP contribution in [-0.2, 0) is 0 Å². The number of benzene rings is 2. The first-order valence-corrected chi connectivity index (χ1v) is 6.07. The SMILES string of the molecule is Cc1cc(C)cc(-n2c(N)nc3cc(F)ccc32)c1. The predicted octanol–water partition coefficient (Wildman–Crippen LogP) is 3.36. The zero-order chi connectivity index (χ0) is 13.6. The van der Waals surface area contributed by atoms with Crippen molar-refractivity contribution in [1.82, 2.24) is 9.55 Å². The average Bonchev–Trinajstić information content (AvgIpc) is 2.62. The summed E-state index contributed by atoms with van der Waals surface area (Å²) in [6.07, 6.45) is 0. The van der Waals surface area contributed by atoms with Gasteiger partial charge in [-0.05, 0) is 49.2 Å². The average molecular weight is 255 g/mol. The number of imidazole rings is 1. The van der Waals surface area contributed by atoms with E-state index in [9.17, 15) is 4.39 Å². The van der Waals surface area contributed by atoms with Crippen LogP contribution in [0.5, 0.6) is 0 Å². The molecular formula is C15H14FN3. The number of hydrogen-bond acceptors (Lipinski definition) is 2. The second-order valence-electron chi connectivity index (χ2n) is 4.78. The van der Waals surface area contributed by atoms with Gasteiger partial charge in [0.1, 0.15) is 5.82 Å². The van der Waals surface area contributed by atoms with E-state index < -0.39 is 0 Å². The van der Waals surface area contributed by atoms with Gasteiger partial charge in [-0.15, -0.1) is 0 Å². The maximum absolute atomic E-state index is 13.2. The summed E-state index contributed by atoms with van der Waals surface area (Å²) in [6.45, 7) is 4.07. The number of nitrogens with two attached hydrogens (primary N) is 1. The zero-order valence-corrected chi connectivity index (χ0v) is 10.8. The molecule has 1 heterocycles. The van der Waals surface area contributed by atoms with E-state index in [1.165, 1.54) is 12.1 Å². The number of nitrogens with zero attached hydrogens (tertiary/aromatic N) is 2. The Morgan fingerprint density at radius 3 is 2.42 bits per heavy atom. The van der Waals surface area contributed by atoms with Crippen molar-refractivity contribution in [2.24, 2.45) is 0 Å². The lowest BCUT2D eigenvalue weighted by Crippen LogP contribution is -2.01. The van der Waals surface area contributed by atoms with Gasteiger partial charge in [-0.3, -0.25) is 4.57 Å². The van der Waals surface area contributed by atoms with Crippen LogP contribution in [0.4, 0.5) is 10.3 Å². The molecule has 0 radical (unpaired) electrons. The van der Waals surface area contributed by atoms with Gasteiger partial charge in [-0.1, -0.05) is 6.07 Å². The van der Waals surface area contributed by atoms with Crippen LogP contribution in [0, 0.1) is 19.7 Å². The highest BCUT2D eigenvalue weighted by Crippen LogP contribution is 2.24. The maximum atomic E-state index is 13.2. The molecule has 0 unspecified atom stereocenters. The first-order valence-electron chi connectivity index (χ1n) is 6.07. The van der Waals surface area contributed by atoms with Crippen LogP contribution >= 0.6 is 0 Å². The number of nitrogen functional groups attached to an aromatic ring is 1. The van der Waals surface area contributed by atoms with Gasteiger partial charge in [0.05, 0.1) is 11.0 Å². The third-order valence-corrected chi connectivity index (χ3v) is 3.11. The largest absolute Gasteiger partial charge is 0.369 e. The molecule has 4 heteroatoms. The fourth-order valence-electron chi connectivity index (χ4n) is 2.42. The van der Waals surface area contributed by atoms with Gasteiger partial charge in [0.2, 0.25) is 5.95 Å². The Hall–Kier alpha value is -2.36. The highest BCUT2D eigenvalue weighted by Gasteiger charge is 2.11. The van der Waals surface area contributed by atoms with E-state index >= 15 is 0 Å². The molecule has 3 aromatic rings. The Bertz CT molecular complexity index is 754. The van der Waals surface area contributed by atoms with Crippen molar-refractivity contribution in [3.05, 3.63) is 53.3 Å². The van der Waals surface area contributed by atoms with E-state index in [0.29, 0.717) is 11.5 Å². The van der Waals surface area contributed by atoms with E-state index in [4.69, 9.17) is 5.73 Å². The summed E-state index contributed by atoms with van der Waals surface area (Å²) >= 11 is 0. The van der Waals surface area contributed by atoms with Crippen LogP contribution in [0.2, 0.25) is 0 Å². The first-order chi connectivity index (χ1) is 9.04. The van der Waals surface area contributed by atoms with E-state index in [0.717, 1.165) is 22.3 Å². The second kappa shape index (κ2) is 4.09. The molecule has 19 heavy (non-hydrogen) atoms. The molecule has 0 bridgehead atoms. The molecule has 3 nitrogen and oxygen atoms in total. The molecule has 96 valence electrons. The van der Waals surface area contributed by atoms with E-state index in [-0.39, 0.29) is 5.82 Å². The van der Waals surface area contributed by atoms with E-state index in [2.05, 4.69) is 11.1 Å². The van der Waals surface area contributed by atoms with Gasteiger partial charge < -0.3 is 5.73 Å². The minimum absolute atomic E-state index is 0.308. The van der Waals surface area contributed by atoms with Crippen molar-refractivity contribution in [2.45, 2.75) is 13.8 Å². The number of hydrogen-bond donors (Lipinski definition) is 1. The summed E-state index contributed by atoms with van der Waals surface area (Å²) in [5.74, 6) is 0.0585. The lowest BCUT2D eigenvalue weighted by molar-refractivity contribution is 0.629. The Kier molecular flexibility index (Phi) is 2.52. The van der Waals surface area contributed by atoms with Gasteiger partial charge in [-0.25, -0.2) is 9.37 Å². The summed E-state index contributed by atoms with van der Waals surface area (Å²) in [7, 11) is 0. The quantitative estimate of drug-likeness (QED) is 0.724. The lowest BCUT2D eigenvalue weighted by atomic mass is 10.1. The molecule has 3 rings (SSSR count). The minimum atomic E-state index is -0.308. The smallest absolute Gasteiger partial charge is 0.205 e. The molecule has 2 aromatic carbocycles. The van der Waals surface area contributed by atoms with Gasteiger partial charge in [-0.2, -0.15) is 0 Å². The van der Waals surface area contributed by atoms with Crippen molar-refractivity contribution < 1.29 is 4.39 Å². The Balaban J connectivity index is 2.32. The van der Waals surface area contributed by atoms with Gasteiger partial charge in [0, 0.05) is 11.8 Å². The summed E-state index contributed by atoms with van der Waals surface area (Å²) < 4.78 is 15.1. The predicted molar refractivity (Wildman–Crippen MR) is 74.9 cm³/mol. The van der Waals surface area contributed by atoms with Crippen molar-refractivity contribution in [2.75, 3.05) is 5.73 Å². The molecule has 0 saturated heterocycles. The third kappa shape index (κ3) is 1.95. The first kappa shape index (κ1) is 11.7. The number of aryl methyl sites for hydroxylation is 2. The topological polar surface area (TPSA) is 43.8 Å². The van der Waals surface area contributed by atoms with Crippen LogP contribution in [0.15, 0.2) is 36.4 Å². The van der Waals surface area contributed by atoms with E-state index in [1.54, 1.807) is 6.07 Å². The van der Waals surface area contributed by atoms with Crippen LogP contribution in [0.3, 0.4) is 0 Å². The van der Waals surface area contributed by atoms with Crippen LogP contribution in [0.25, 0.3) is 16.7 Å². The fourth-order valence-corrected chi connectivity index (χ4v) is 2.42. The third-order valence-electron chi connectivity index (χ3n) is 3.11. The summed E-state index contributed by atoms with van der Waals surface area (Å²) in [5, 5.41) is 0. The van der Waals surface area contributed by atoms with Gasteiger partial charge in [0.15, 0.2) is 0 Å². The van der Waals surface area contributed by atoms with Crippen molar-refractivity contribution in [3.8, 4) is 5.69 Å². The number of fused-ring (bicyclic) bond motifs is 1. The van der Waals surface area contributed by atoms with Crippen molar-refractivity contribution in [3.63, 3.8) is 0 Å². The Labute approximate surface area is 110 Å². The lowest BCUT2D eigenvalue weighted by Gasteiger charge is -2.09. The van der Waals surface area contributed by atoms with E-state index in [1.807, 2.05) is 30.5 Å². The summed E-state index contributed by atoms with van der Waals surface area (Å²) in [6, 6.07) is 10.7. The molecular weight excluding hydrogens is 241 g/mol. The standard InChI is InChI=1S/C15H14FN3/c1-9-5-10(2)7-12(6-9)19-14-4-3-11(16)8-13(14)18-15(19)17/h3-8H,1-2H3,(H2,17,18). The fraction of sp³-hybridized carbons (Fsp3) is 0.133. The molecule has 2 N–H and O–H groups in total. The highest BCUT2D eigenvalue weighted by atomic mass is 19.1. The van der Waals surface area contributed by atoms with Crippen LogP contribution in [0.1, 0.15) is 11.1 Å². The molecule has 0 aliphatic carbocycles. The van der Waals surface area contributed by atoms with Crippen LogP contribution in [-0.4, -0.2) is 9.55 Å².